The Bertz CT molecular complexity index is 1080. The average molecular weight is 335 g/mol. The van der Waals surface area contributed by atoms with Crippen molar-refractivity contribution in [2.75, 3.05) is 0 Å². The Morgan fingerprint density at radius 2 is 1.58 bits per heavy atom. The first-order chi connectivity index (χ1) is 12.6. The fraction of sp³-hybridized carbons (Fsp3) is 0.120. The molecular weight excluding hydrogens is 314 g/mol. The van der Waals surface area contributed by atoms with Crippen molar-refractivity contribution in [2.24, 2.45) is 0 Å². The highest BCUT2D eigenvalue weighted by Crippen LogP contribution is 2.49. The lowest BCUT2D eigenvalue weighted by Crippen LogP contribution is -2.18. The third-order valence-electron chi connectivity index (χ3n) is 5.82. The number of para-hydroxylation sites is 1. The zero-order valence-electron chi connectivity index (χ0n) is 15.2. The predicted octanol–water partition coefficient (Wildman–Crippen LogP) is 5.94. The van der Waals surface area contributed by atoms with Crippen LogP contribution in [0.3, 0.4) is 0 Å². The number of hydrogen-bond donors (Lipinski definition) is 0. The van der Waals surface area contributed by atoms with Crippen LogP contribution in [-0.4, -0.2) is 11.3 Å². The predicted molar refractivity (Wildman–Crippen MR) is 109 cm³/mol. The summed E-state index contributed by atoms with van der Waals surface area (Å²) in [5, 5.41) is 0. The minimum absolute atomic E-state index is 0.0186. The summed E-state index contributed by atoms with van der Waals surface area (Å²) in [7, 11) is 0. The smallest absolute Gasteiger partial charge is 0.159 e. The molecule has 26 heavy (non-hydrogen) atoms. The van der Waals surface area contributed by atoms with Crippen LogP contribution in [0.4, 0.5) is 5.69 Å². The van der Waals surface area contributed by atoms with Crippen LogP contribution in [0.25, 0.3) is 17.2 Å². The van der Waals surface area contributed by atoms with Crippen LogP contribution in [0.15, 0.2) is 72.8 Å². The molecule has 1 heteroatoms. The van der Waals surface area contributed by atoms with Crippen molar-refractivity contribution in [3.8, 4) is 11.1 Å². The monoisotopic (exact) mass is 335 g/mol. The molecule has 0 atom stereocenters. The van der Waals surface area contributed by atoms with Crippen LogP contribution in [-0.2, 0) is 5.41 Å². The van der Waals surface area contributed by atoms with E-state index in [9.17, 15) is 0 Å². The topological polar surface area (TPSA) is 3.01 Å². The van der Waals surface area contributed by atoms with Crippen molar-refractivity contribution in [1.29, 1.82) is 0 Å². The first kappa shape index (κ1) is 15.2. The standard InChI is InChI=1S/C25H21N/c1-25(2)21-10-6-5-9-19(21)20-14-12-18(16-22(20)25)24-15-13-17-8-4-7-11-23(17)26(24)3/h4-16H,3H2,1-2H3. The van der Waals surface area contributed by atoms with Crippen molar-refractivity contribution in [2.45, 2.75) is 19.3 Å². The van der Waals surface area contributed by atoms with E-state index in [1.165, 1.54) is 33.4 Å². The number of hydrogen-bond acceptors (Lipinski definition) is 0. The summed E-state index contributed by atoms with van der Waals surface area (Å²) in [4.78, 5) is 0. The molecule has 0 aromatic heterocycles. The minimum Gasteiger partial charge on any atom is -0.248 e. The largest absolute Gasteiger partial charge is 0.248 e. The Balaban J connectivity index is 1.63. The molecule has 1 nitrogen and oxygen atoms in total. The van der Waals surface area contributed by atoms with Gasteiger partial charge in [0, 0.05) is 5.41 Å². The van der Waals surface area contributed by atoms with E-state index >= 15 is 0 Å². The molecule has 1 aliphatic carbocycles. The fourth-order valence-corrected chi connectivity index (χ4v) is 4.38. The maximum absolute atomic E-state index is 4.31. The first-order valence-electron chi connectivity index (χ1n) is 9.07. The van der Waals surface area contributed by atoms with Crippen LogP contribution in [0, 0.1) is 6.04 Å². The van der Waals surface area contributed by atoms with Gasteiger partial charge in [-0.2, -0.15) is 0 Å². The second-order valence-electron chi connectivity index (χ2n) is 7.64. The van der Waals surface area contributed by atoms with Gasteiger partial charge in [-0.1, -0.05) is 80.1 Å². The van der Waals surface area contributed by atoms with E-state index in [0.717, 1.165) is 11.7 Å². The SMILES string of the molecule is C=[N+]1c2ccccc2C=C[C-]1c1ccc2c(c1)C(C)(C)c1ccccc1-2. The summed E-state index contributed by atoms with van der Waals surface area (Å²) in [6, 6.07) is 25.1. The zero-order chi connectivity index (χ0) is 17.9. The van der Waals surface area contributed by atoms with Crippen molar-refractivity contribution >= 4 is 18.5 Å². The minimum atomic E-state index is 0.0186. The summed E-state index contributed by atoms with van der Waals surface area (Å²) in [6.45, 7) is 8.95. The molecule has 0 amide bonds. The maximum Gasteiger partial charge on any atom is 0.159 e. The molecule has 0 spiro atoms. The summed E-state index contributed by atoms with van der Waals surface area (Å²) < 4.78 is 2.05. The van der Waals surface area contributed by atoms with Crippen molar-refractivity contribution in [1.82, 2.24) is 0 Å². The van der Waals surface area contributed by atoms with Gasteiger partial charge >= 0.3 is 0 Å². The highest BCUT2D eigenvalue weighted by molar-refractivity contribution is 5.81. The highest BCUT2D eigenvalue weighted by atomic mass is 15.0. The van der Waals surface area contributed by atoms with E-state index < -0.39 is 0 Å². The zero-order valence-corrected chi connectivity index (χ0v) is 15.2. The summed E-state index contributed by atoms with van der Waals surface area (Å²) in [5.41, 5.74) is 9.10. The lowest BCUT2D eigenvalue weighted by atomic mass is 9.81. The molecule has 0 saturated heterocycles. The molecule has 3 aromatic rings. The number of nitrogens with zero attached hydrogens (tertiary/aromatic N) is 1. The molecule has 0 N–H and O–H groups in total. The Hall–Kier alpha value is -3.06. The lowest BCUT2D eigenvalue weighted by Gasteiger charge is -2.26. The number of benzene rings is 3. The summed E-state index contributed by atoms with van der Waals surface area (Å²) in [6.07, 6.45) is 4.35. The van der Waals surface area contributed by atoms with Gasteiger partial charge in [0.2, 0.25) is 0 Å². The molecule has 0 unspecified atom stereocenters. The van der Waals surface area contributed by atoms with Gasteiger partial charge in [0.25, 0.3) is 0 Å². The third kappa shape index (κ3) is 1.97. The maximum atomic E-state index is 4.31. The Morgan fingerprint density at radius 3 is 2.46 bits per heavy atom. The van der Waals surface area contributed by atoms with Crippen molar-refractivity contribution < 1.29 is 4.58 Å². The molecule has 1 aliphatic heterocycles. The van der Waals surface area contributed by atoms with E-state index in [2.05, 4.69) is 99.4 Å². The molecule has 126 valence electrons. The van der Waals surface area contributed by atoms with Gasteiger partial charge in [0.15, 0.2) is 5.69 Å². The van der Waals surface area contributed by atoms with Gasteiger partial charge in [-0.15, -0.1) is 6.07 Å². The van der Waals surface area contributed by atoms with Gasteiger partial charge in [0.05, 0.1) is 6.72 Å². The van der Waals surface area contributed by atoms with E-state index in [1.54, 1.807) is 0 Å². The van der Waals surface area contributed by atoms with Gasteiger partial charge in [-0.25, -0.2) is 4.58 Å². The van der Waals surface area contributed by atoms with E-state index in [-0.39, 0.29) is 5.41 Å². The molecule has 2 aliphatic rings. The molecular formula is C25H21N. The van der Waals surface area contributed by atoms with Gasteiger partial charge in [-0.3, -0.25) is 0 Å². The molecule has 0 saturated carbocycles. The normalized spacial score (nSPS) is 16.2. The summed E-state index contributed by atoms with van der Waals surface area (Å²) in [5.74, 6) is 0. The highest BCUT2D eigenvalue weighted by Gasteiger charge is 2.35. The number of rotatable bonds is 1. The second kappa shape index (κ2) is 5.22. The Kier molecular flexibility index (Phi) is 3.05. The van der Waals surface area contributed by atoms with Crippen LogP contribution in [0.2, 0.25) is 0 Å². The molecule has 1 heterocycles. The van der Waals surface area contributed by atoms with Crippen LogP contribution in [0.1, 0.15) is 36.1 Å². The van der Waals surface area contributed by atoms with Crippen LogP contribution in [0.5, 0.6) is 0 Å². The third-order valence-corrected chi connectivity index (χ3v) is 5.82. The van der Waals surface area contributed by atoms with Crippen LogP contribution < -0.4 is 0 Å². The van der Waals surface area contributed by atoms with Gasteiger partial charge in [-0.05, 0) is 40.0 Å². The molecule has 3 aromatic carbocycles. The Labute approximate surface area is 155 Å². The van der Waals surface area contributed by atoms with Crippen LogP contribution >= 0.6 is 0 Å². The second-order valence-corrected chi connectivity index (χ2v) is 7.64. The Morgan fingerprint density at radius 1 is 0.846 bits per heavy atom. The first-order valence-corrected chi connectivity index (χ1v) is 9.07. The summed E-state index contributed by atoms with van der Waals surface area (Å²) >= 11 is 0. The molecule has 5 rings (SSSR count). The molecule has 0 fully saturated rings. The molecule has 0 radical (unpaired) electrons. The lowest BCUT2D eigenvalue weighted by molar-refractivity contribution is -0.400. The van der Waals surface area contributed by atoms with Crippen molar-refractivity contribution in [3.63, 3.8) is 0 Å². The van der Waals surface area contributed by atoms with E-state index in [4.69, 9.17) is 0 Å². The van der Waals surface area contributed by atoms with Gasteiger partial charge < -0.3 is 0 Å². The quantitative estimate of drug-likeness (QED) is 0.382. The number of fused-ring (bicyclic) bond motifs is 4. The van der Waals surface area contributed by atoms with Gasteiger partial charge in [0.1, 0.15) is 6.04 Å². The van der Waals surface area contributed by atoms with E-state index in [0.29, 0.717) is 0 Å². The van der Waals surface area contributed by atoms with Crippen molar-refractivity contribution in [3.05, 3.63) is 101 Å². The van der Waals surface area contributed by atoms with E-state index in [1.807, 2.05) is 4.58 Å². The molecule has 0 bridgehead atoms. The fourth-order valence-electron chi connectivity index (χ4n) is 4.38. The average Bonchev–Trinajstić information content (AvgIpc) is 2.90.